The number of rotatable bonds is 2. The highest BCUT2D eigenvalue weighted by Gasteiger charge is 2.45. The van der Waals surface area contributed by atoms with Crippen molar-refractivity contribution in [1.82, 2.24) is 15.0 Å². The molecule has 0 spiro atoms. The molecule has 0 bridgehead atoms. The van der Waals surface area contributed by atoms with Gasteiger partial charge in [0.25, 0.3) is 0 Å². The highest BCUT2D eigenvalue weighted by atomic mass is 79.9. The van der Waals surface area contributed by atoms with E-state index in [-0.39, 0.29) is 25.1 Å². The fraction of sp³-hybridized carbons (Fsp3) is 0.308. The molecule has 1 aromatic carbocycles. The van der Waals surface area contributed by atoms with E-state index < -0.39 is 5.60 Å². The number of benzene rings is 1. The second-order valence-corrected chi connectivity index (χ2v) is 5.89. The Kier molecular flexibility index (Phi) is 3.42. The first-order valence-electron chi connectivity index (χ1n) is 6.31. The molecular formula is C13H13BrN4O3. The molecule has 3 rings (SSSR count). The molecule has 0 unspecified atom stereocenters. The van der Waals surface area contributed by atoms with E-state index >= 15 is 0 Å². The topological polar surface area (TPSA) is 91.5 Å². The molecule has 0 atom stereocenters. The predicted octanol–water partition coefficient (Wildman–Crippen LogP) is 1.88. The lowest BCUT2D eigenvalue weighted by Gasteiger charge is -2.46. The van der Waals surface area contributed by atoms with Crippen molar-refractivity contribution < 1.29 is 14.4 Å². The third-order valence-corrected chi connectivity index (χ3v) is 3.79. The molecule has 2 heterocycles. The van der Waals surface area contributed by atoms with Gasteiger partial charge in [-0.3, -0.25) is 5.32 Å². The molecule has 7 nitrogen and oxygen atoms in total. The molecule has 1 aromatic heterocycles. The van der Waals surface area contributed by atoms with Crippen LogP contribution in [-0.4, -0.2) is 39.3 Å². The average Bonchev–Trinajstić information content (AvgIpc) is 2.80. The maximum Gasteiger partial charge on any atom is 0.329 e. The maximum atomic E-state index is 12.0. The number of nitrogens with one attached hydrogen (secondary N) is 1. The Morgan fingerprint density at radius 3 is 2.90 bits per heavy atom. The number of anilines is 1. The van der Waals surface area contributed by atoms with E-state index in [2.05, 4.69) is 31.4 Å². The van der Waals surface area contributed by atoms with Crippen LogP contribution in [0.3, 0.4) is 0 Å². The van der Waals surface area contributed by atoms with E-state index in [4.69, 9.17) is 4.52 Å². The van der Waals surface area contributed by atoms with Crippen LogP contribution in [0.2, 0.25) is 0 Å². The van der Waals surface area contributed by atoms with Gasteiger partial charge in [0, 0.05) is 4.47 Å². The van der Waals surface area contributed by atoms with Gasteiger partial charge in [0.2, 0.25) is 0 Å². The Morgan fingerprint density at radius 2 is 2.29 bits per heavy atom. The average molecular weight is 353 g/mol. The molecular weight excluding hydrogens is 340 g/mol. The molecule has 1 fully saturated rings. The lowest BCUT2D eigenvalue weighted by molar-refractivity contribution is -0.0794. The van der Waals surface area contributed by atoms with Crippen molar-refractivity contribution >= 4 is 28.0 Å². The lowest BCUT2D eigenvalue weighted by Crippen LogP contribution is -2.62. The fourth-order valence-corrected chi connectivity index (χ4v) is 2.61. The summed E-state index contributed by atoms with van der Waals surface area (Å²) < 4.78 is 5.70. The van der Waals surface area contributed by atoms with Crippen molar-refractivity contribution in [2.75, 3.05) is 18.4 Å². The van der Waals surface area contributed by atoms with E-state index in [1.165, 1.54) is 4.90 Å². The molecule has 2 N–H and O–H groups in total. The molecule has 0 saturated carbocycles. The van der Waals surface area contributed by atoms with Gasteiger partial charge in [-0.1, -0.05) is 33.2 Å². The summed E-state index contributed by atoms with van der Waals surface area (Å²) in [7, 11) is 0. The number of aliphatic hydroxyl groups is 1. The third-order valence-electron chi connectivity index (χ3n) is 3.30. The minimum atomic E-state index is -1.02. The van der Waals surface area contributed by atoms with Crippen LogP contribution in [0.4, 0.5) is 10.8 Å². The maximum absolute atomic E-state index is 12.0. The first-order chi connectivity index (χ1) is 9.96. The SMILES string of the molecule is Cc1noc(NC(=O)N2CC(O)(c3cccc(Br)c3)C2)n1. The van der Waals surface area contributed by atoms with Crippen molar-refractivity contribution in [1.29, 1.82) is 0 Å². The predicted molar refractivity (Wildman–Crippen MR) is 77.7 cm³/mol. The van der Waals surface area contributed by atoms with Crippen LogP contribution in [0.1, 0.15) is 11.4 Å². The Labute approximate surface area is 129 Å². The zero-order valence-electron chi connectivity index (χ0n) is 11.2. The van der Waals surface area contributed by atoms with Crippen LogP contribution in [0.5, 0.6) is 0 Å². The Balaban J connectivity index is 1.63. The summed E-state index contributed by atoms with van der Waals surface area (Å²) in [5.74, 6) is 0.444. The summed E-state index contributed by atoms with van der Waals surface area (Å²) in [6.45, 7) is 2.08. The zero-order chi connectivity index (χ0) is 15.0. The molecule has 0 aliphatic carbocycles. The number of hydrogen-bond donors (Lipinski definition) is 2. The summed E-state index contributed by atoms with van der Waals surface area (Å²) >= 11 is 3.37. The second-order valence-electron chi connectivity index (χ2n) is 4.97. The Morgan fingerprint density at radius 1 is 1.52 bits per heavy atom. The molecule has 1 aliphatic rings. The molecule has 1 aliphatic heterocycles. The van der Waals surface area contributed by atoms with E-state index in [0.29, 0.717) is 5.82 Å². The highest BCUT2D eigenvalue weighted by Crippen LogP contribution is 2.33. The molecule has 2 amide bonds. The summed E-state index contributed by atoms with van der Waals surface area (Å²) in [6, 6.07) is 7.08. The van der Waals surface area contributed by atoms with Crippen LogP contribution in [0, 0.1) is 6.92 Å². The number of nitrogens with zero attached hydrogens (tertiary/aromatic N) is 3. The van der Waals surface area contributed by atoms with Gasteiger partial charge in [-0.05, 0) is 24.6 Å². The largest absolute Gasteiger partial charge is 0.381 e. The molecule has 1 saturated heterocycles. The number of hydrogen-bond acceptors (Lipinski definition) is 5. The number of β-amino-alcohol motifs (C(OH)–C–C–N with tert-alkyl or cyclic N) is 1. The first kappa shape index (κ1) is 14.0. The van der Waals surface area contributed by atoms with Gasteiger partial charge >= 0.3 is 12.0 Å². The van der Waals surface area contributed by atoms with Crippen molar-refractivity contribution in [2.45, 2.75) is 12.5 Å². The summed E-state index contributed by atoms with van der Waals surface area (Å²) in [5.41, 5.74) is -0.249. The standard InChI is InChI=1S/C13H13BrN4O3/c1-8-15-11(21-17-8)16-12(19)18-6-13(20,7-18)9-3-2-4-10(14)5-9/h2-5,20H,6-7H2,1H3,(H,15,16,17,19). The monoisotopic (exact) mass is 352 g/mol. The summed E-state index contributed by atoms with van der Waals surface area (Å²) in [4.78, 5) is 17.3. The van der Waals surface area contributed by atoms with Crippen LogP contribution in [0.25, 0.3) is 0 Å². The third kappa shape index (κ3) is 2.77. The van der Waals surface area contributed by atoms with Crippen molar-refractivity contribution in [3.63, 3.8) is 0 Å². The number of likely N-dealkylation sites (tertiary alicyclic amines) is 1. The van der Waals surface area contributed by atoms with Gasteiger partial charge in [0.05, 0.1) is 13.1 Å². The van der Waals surface area contributed by atoms with Gasteiger partial charge in [0.15, 0.2) is 5.82 Å². The lowest BCUT2D eigenvalue weighted by atomic mass is 9.86. The Hall–Kier alpha value is -1.93. The van der Waals surface area contributed by atoms with Crippen LogP contribution < -0.4 is 5.32 Å². The van der Waals surface area contributed by atoms with Gasteiger partial charge in [-0.15, -0.1) is 0 Å². The highest BCUT2D eigenvalue weighted by molar-refractivity contribution is 9.10. The molecule has 8 heteroatoms. The normalized spacial score (nSPS) is 16.4. The number of halogens is 1. The number of aryl methyl sites for hydroxylation is 1. The smallest absolute Gasteiger partial charge is 0.329 e. The number of carbonyl (C=O) groups excluding carboxylic acids is 1. The quantitative estimate of drug-likeness (QED) is 0.860. The molecule has 21 heavy (non-hydrogen) atoms. The van der Waals surface area contributed by atoms with Gasteiger partial charge < -0.3 is 14.5 Å². The minimum absolute atomic E-state index is 0.0513. The molecule has 110 valence electrons. The van der Waals surface area contributed by atoms with E-state index in [9.17, 15) is 9.90 Å². The van der Waals surface area contributed by atoms with Gasteiger partial charge in [-0.25, -0.2) is 4.79 Å². The van der Waals surface area contributed by atoms with Crippen LogP contribution in [0.15, 0.2) is 33.3 Å². The first-order valence-corrected chi connectivity index (χ1v) is 7.10. The van der Waals surface area contributed by atoms with Gasteiger partial charge in [-0.2, -0.15) is 4.98 Å². The van der Waals surface area contributed by atoms with E-state index in [1.54, 1.807) is 6.92 Å². The number of carbonyl (C=O) groups is 1. The second kappa shape index (κ2) is 5.12. The number of aromatic nitrogens is 2. The molecule has 2 aromatic rings. The summed E-state index contributed by atoms with van der Waals surface area (Å²) in [5, 5.41) is 16.6. The minimum Gasteiger partial charge on any atom is -0.381 e. The van der Waals surface area contributed by atoms with E-state index in [1.807, 2.05) is 24.3 Å². The van der Waals surface area contributed by atoms with Crippen LogP contribution >= 0.6 is 15.9 Å². The van der Waals surface area contributed by atoms with Crippen LogP contribution in [-0.2, 0) is 5.60 Å². The number of amides is 2. The van der Waals surface area contributed by atoms with Crippen molar-refractivity contribution in [3.8, 4) is 0 Å². The Bertz CT molecular complexity index is 682. The fourth-order valence-electron chi connectivity index (χ4n) is 2.21. The zero-order valence-corrected chi connectivity index (χ0v) is 12.8. The van der Waals surface area contributed by atoms with Crippen molar-refractivity contribution in [3.05, 3.63) is 40.1 Å². The van der Waals surface area contributed by atoms with Gasteiger partial charge in [0.1, 0.15) is 5.60 Å². The molecule has 0 radical (unpaired) electrons. The summed E-state index contributed by atoms with van der Waals surface area (Å²) in [6.07, 6.45) is 0. The van der Waals surface area contributed by atoms with Crippen molar-refractivity contribution in [2.24, 2.45) is 0 Å². The number of urea groups is 1. The van der Waals surface area contributed by atoms with E-state index in [0.717, 1.165) is 10.0 Å².